The van der Waals surface area contributed by atoms with Gasteiger partial charge in [-0.1, -0.05) is 31.5 Å². The third-order valence-corrected chi connectivity index (χ3v) is 3.22. The highest BCUT2D eigenvalue weighted by Gasteiger charge is 2.29. The number of carbonyl (C=O) groups is 1. The van der Waals surface area contributed by atoms with Gasteiger partial charge in [0, 0.05) is 5.39 Å². The van der Waals surface area contributed by atoms with Crippen molar-refractivity contribution in [3.63, 3.8) is 0 Å². The summed E-state index contributed by atoms with van der Waals surface area (Å²) in [4.78, 5) is 26.1. The maximum absolute atomic E-state index is 11.5. The number of aliphatic carboxylic acids is 1. The topological polar surface area (TPSA) is 93.3 Å². The van der Waals surface area contributed by atoms with Crippen LogP contribution in [0.2, 0.25) is 0 Å². The van der Waals surface area contributed by atoms with Crippen LogP contribution in [0.3, 0.4) is 0 Å². The van der Waals surface area contributed by atoms with Crippen LogP contribution in [0.5, 0.6) is 0 Å². The van der Waals surface area contributed by atoms with Crippen LogP contribution in [-0.2, 0) is 4.79 Å². The molecule has 2 rings (SSSR count). The first-order valence-corrected chi connectivity index (χ1v) is 6.31. The summed E-state index contributed by atoms with van der Waals surface area (Å²) in [5.74, 6) is -1.94. The predicted molar refractivity (Wildman–Crippen MR) is 73.7 cm³/mol. The number of nitrogens with zero attached hydrogens (tertiary/aromatic N) is 2. The van der Waals surface area contributed by atoms with E-state index in [1.165, 1.54) is 0 Å². The highest BCUT2D eigenvalue weighted by Crippen LogP contribution is 2.35. The van der Waals surface area contributed by atoms with Crippen LogP contribution < -0.4 is 0 Å². The largest absolute Gasteiger partial charge is 0.481 e. The van der Waals surface area contributed by atoms with Gasteiger partial charge < -0.3 is 5.11 Å². The van der Waals surface area contributed by atoms with Gasteiger partial charge in [-0.15, -0.1) is 0 Å². The Kier molecular flexibility index (Phi) is 3.93. The second-order valence-electron chi connectivity index (χ2n) is 4.51. The molecular weight excluding hydrogens is 260 g/mol. The van der Waals surface area contributed by atoms with E-state index >= 15 is 0 Å². The fourth-order valence-electron chi connectivity index (χ4n) is 2.34. The number of hydrogen-bond acceptors (Lipinski definition) is 4. The van der Waals surface area contributed by atoms with E-state index in [0.29, 0.717) is 23.7 Å². The lowest BCUT2D eigenvalue weighted by Crippen LogP contribution is -2.14. The number of nitro groups is 1. The lowest BCUT2D eigenvalue weighted by Gasteiger charge is -2.14. The highest BCUT2D eigenvalue weighted by molar-refractivity contribution is 5.91. The summed E-state index contributed by atoms with van der Waals surface area (Å²) in [6.07, 6.45) is 2.12. The molecule has 0 radical (unpaired) electrons. The SMILES string of the molecule is CCCC(C(=O)O)c1c([N+](=O)[O-])cnc2ccccc12. The third kappa shape index (κ3) is 2.45. The third-order valence-electron chi connectivity index (χ3n) is 3.22. The molecule has 0 amide bonds. The number of hydrogen-bond donors (Lipinski definition) is 1. The quantitative estimate of drug-likeness (QED) is 0.667. The molecule has 0 saturated carbocycles. The van der Waals surface area contributed by atoms with Gasteiger partial charge in [-0.25, -0.2) is 4.98 Å². The normalized spacial score (nSPS) is 12.2. The molecule has 1 heterocycles. The van der Waals surface area contributed by atoms with E-state index in [1.54, 1.807) is 24.3 Å². The van der Waals surface area contributed by atoms with Crippen molar-refractivity contribution >= 4 is 22.6 Å². The predicted octanol–water partition coefficient (Wildman–Crippen LogP) is 3.11. The molecule has 0 aliphatic carbocycles. The van der Waals surface area contributed by atoms with Crippen molar-refractivity contribution in [3.8, 4) is 0 Å². The van der Waals surface area contributed by atoms with Crippen molar-refractivity contribution in [3.05, 3.63) is 46.1 Å². The van der Waals surface area contributed by atoms with Gasteiger partial charge in [-0.3, -0.25) is 14.9 Å². The van der Waals surface area contributed by atoms with Gasteiger partial charge >= 0.3 is 5.97 Å². The highest BCUT2D eigenvalue weighted by atomic mass is 16.6. The van der Waals surface area contributed by atoms with Crippen LogP contribution >= 0.6 is 0 Å². The van der Waals surface area contributed by atoms with Crippen LogP contribution in [0.15, 0.2) is 30.5 Å². The molecule has 1 atom stereocenters. The summed E-state index contributed by atoms with van der Waals surface area (Å²) in [6, 6.07) is 6.88. The minimum Gasteiger partial charge on any atom is -0.481 e. The van der Waals surface area contributed by atoms with Gasteiger partial charge in [0.05, 0.1) is 21.9 Å². The first-order valence-electron chi connectivity index (χ1n) is 6.31. The standard InChI is InChI=1S/C14H14N2O4/c1-2-5-10(14(17)18)13-9-6-3-4-7-11(9)15-8-12(13)16(19)20/h3-4,6-8,10H,2,5H2,1H3,(H,17,18). The fraction of sp³-hybridized carbons (Fsp3) is 0.286. The molecule has 0 aliphatic rings. The number of para-hydroxylation sites is 1. The van der Waals surface area contributed by atoms with Crippen LogP contribution in [0.4, 0.5) is 5.69 Å². The molecule has 1 unspecified atom stereocenters. The van der Waals surface area contributed by atoms with Crippen molar-refractivity contribution < 1.29 is 14.8 Å². The molecule has 6 heteroatoms. The second kappa shape index (κ2) is 5.64. The molecule has 20 heavy (non-hydrogen) atoms. The number of carboxylic acids is 1. The van der Waals surface area contributed by atoms with Crippen LogP contribution in [-0.4, -0.2) is 21.0 Å². The Balaban J connectivity index is 2.77. The molecule has 0 saturated heterocycles. The number of benzene rings is 1. The van der Waals surface area contributed by atoms with E-state index in [1.807, 2.05) is 6.92 Å². The first kappa shape index (κ1) is 13.9. The zero-order valence-corrected chi connectivity index (χ0v) is 10.9. The molecule has 0 fully saturated rings. The average molecular weight is 274 g/mol. The molecule has 1 aromatic heterocycles. The second-order valence-corrected chi connectivity index (χ2v) is 4.51. The van der Waals surface area contributed by atoms with Gasteiger partial charge in [0.2, 0.25) is 0 Å². The fourth-order valence-corrected chi connectivity index (χ4v) is 2.34. The first-order chi connectivity index (χ1) is 9.56. The Hall–Kier alpha value is -2.50. The van der Waals surface area contributed by atoms with Crippen molar-refractivity contribution in [2.45, 2.75) is 25.7 Å². The number of rotatable bonds is 5. The molecule has 0 bridgehead atoms. The molecular formula is C14H14N2O4. The lowest BCUT2D eigenvalue weighted by atomic mass is 9.90. The average Bonchev–Trinajstić information content (AvgIpc) is 2.43. The van der Waals surface area contributed by atoms with Crippen molar-refractivity contribution in [1.82, 2.24) is 4.98 Å². The molecule has 0 aliphatic heterocycles. The Labute approximate surface area is 115 Å². The Morgan fingerprint density at radius 2 is 2.15 bits per heavy atom. The molecule has 1 N–H and O–H groups in total. The number of aromatic nitrogens is 1. The Morgan fingerprint density at radius 3 is 2.75 bits per heavy atom. The number of carboxylic acid groups (broad SMARTS) is 1. The minimum atomic E-state index is -1.05. The maximum atomic E-state index is 11.5. The van der Waals surface area contributed by atoms with E-state index in [2.05, 4.69) is 4.98 Å². The summed E-state index contributed by atoms with van der Waals surface area (Å²) in [5.41, 5.74) is 0.579. The molecule has 2 aromatic rings. The molecule has 0 spiro atoms. The van der Waals surface area contributed by atoms with Gasteiger partial charge in [-0.2, -0.15) is 0 Å². The zero-order chi connectivity index (χ0) is 14.7. The maximum Gasteiger partial charge on any atom is 0.311 e. The van der Waals surface area contributed by atoms with E-state index in [9.17, 15) is 20.0 Å². The summed E-state index contributed by atoms with van der Waals surface area (Å²) in [6.45, 7) is 1.85. The smallest absolute Gasteiger partial charge is 0.311 e. The Morgan fingerprint density at radius 1 is 1.45 bits per heavy atom. The van der Waals surface area contributed by atoms with E-state index < -0.39 is 16.8 Å². The van der Waals surface area contributed by atoms with Gasteiger partial charge in [-0.05, 0) is 12.5 Å². The van der Waals surface area contributed by atoms with Crippen LogP contribution in [0, 0.1) is 10.1 Å². The van der Waals surface area contributed by atoms with E-state index in [0.717, 1.165) is 6.20 Å². The number of fused-ring (bicyclic) bond motifs is 1. The zero-order valence-electron chi connectivity index (χ0n) is 10.9. The summed E-state index contributed by atoms with van der Waals surface area (Å²) >= 11 is 0. The van der Waals surface area contributed by atoms with Gasteiger partial charge in [0.25, 0.3) is 5.69 Å². The number of pyridine rings is 1. The van der Waals surface area contributed by atoms with Crippen molar-refractivity contribution in [2.75, 3.05) is 0 Å². The minimum absolute atomic E-state index is 0.232. The van der Waals surface area contributed by atoms with Gasteiger partial charge in [0.1, 0.15) is 6.20 Å². The Bertz CT molecular complexity index is 669. The molecule has 6 nitrogen and oxygen atoms in total. The van der Waals surface area contributed by atoms with Crippen LogP contribution in [0.1, 0.15) is 31.2 Å². The molecule has 104 valence electrons. The summed E-state index contributed by atoms with van der Waals surface area (Å²) in [5, 5.41) is 21.1. The lowest BCUT2D eigenvalue weighted by molar-refractivity contribution is -0.385. The molecule has 1 aromatic carbocycles. The summed E-state index contributed by atoms with van der Waals surface area (Å²) in [7, 11) is 0. The van der Waals surface area contributed by atoms with Crippen molar-refractivity contribution in [2.24, 2.45) is 0 Å². The van der Waals surface area contributed by atoms with E-state index in [-0.39, 0.29) is 11.3 Å². The van der Waals surface area contributed by atoms with Gasteiger partial charge in [0.15, 0.2) is 0 Å². The summed E-state index contributed by atoms with van der Waals surface area (Å²) < 4.78 is 0. The van der Waals surface area contributed by atoms with Crippen LogP contribution in [0.25, 0.3) is 10.9 Å². The van der Waals surface area contributed by atoms with Crippen molar-refractivity contribution in [1.29, 1.82) is 0 Å². The van der Waals surface area contributed by atoms with E-state index in [4.69, 9.17) is 0 Å². The monoisotopic (exact) mass is 274 g/mol.